The molecule has 5 heteroatoms. The molecule has 0 aliphatic carbocycles. The van der Waals surface area contributed by atoms with Crippen LogP contribution < -0.4 is 9.47 Å². The van der Waals surface area contributed by atoms with Gasteiger partial charge in [-0.3, -0.25) is 4.79 Å². The highest BCUT2D eigenvalue weighted by Crippen LogP contribution is 2.23. The lowest BCUT2D eigenvalue weighted by Crippen LogP contribution is -2.33. The van der Waals surface area contributed by atoms with Crippen LogP contribution in [0, 0.1) is 0 Å². The topological polar surface area (TPSA) is 38.8 Å². The Hall–Kier alpha value is -1.42. The highest BCUT2D eigenvalue weighted by molar-refractivity contribution is 6.18. The molecule has 0 aromatic heterocycles. The standard InChI is InChI=1S/C15H22ClNO3/c1-4-5-7-17(8-6-16)15(18)12-9-13(19-2)11-14(10-12)20-3/h9-11H,4-8H2,1-3H3. The van der Waals surface area contributed by atoms with Gasteiger partial charge in [-0.1, -0.05) is 13.3 Å². The van der Waals surface area contributed by atoms with Gasteiger partial charge in [0.1, 0.15) is 11.5 Å². The Morgan fingerprint density at radius 1 is 1.15 bits per heavy atom. The monoisotopic (exact) mass is 299 g/mol. The molecule has 0 unspecified atom stereocenters. The number of carbonyl (C=O) groups excluding carboxylic acids is 1. The Bertz CT molecular complexity index is 415. The summed E-state index contributed by atoms with van der Waals surface area (Å²) in [4.78, 5) is 14.3. The van der Waals surface area contributed by atoms with Crippen LogP contribution in [0.15, 0.2) is 18.2 Å². The van der Waals surface area contributed by atoms with Crippen molar-refractivity contribution in [3.63, 3.8) is 0 Å². The molecule has 0 aliphatic heterocycles. The Morgan fingerprint density at radius 3 is 2.20 bits per heavy atom. The minimum Gasteiger partial charge on any atom is -0.497 e. The number of alkyl halides is 1. The number of halogens is 1. The summed E-state index contributed by atoms with van der Waals surface area (Å²) in [5.41, 5.74) is 0.558. The Kier molecular flexibility index (Phi) is 7.23. The second-order valence-electron chi connectivity index (χ2n) is 4.44. The highest BCUT2D eigenvalue weighted by Gasteiger charge is 2.16. The summed E-state index contributed by atoms with van der Waals surface area (Å²) in [6.45, 7) is 3.35. The first-order valence-corrected chi connectivity index (χ1v) is 7.28. The van der Waals surface area contributed by atoms with E-state index in [-0.39, 0.29) is 5.91 Å². The fourth-order valence-electron chi connectivity index (χ4n) is 1.88. The maximum Gasteiger partial charge on any atom is 0.254 e. The van der Waals surface area contributed by atoms with Crippen LogP contribution in [0.2, 0.25) is 0 Å². The number of unbranched alkanes of at least 4 members (excludes halogenated alkanes) is 1. The van der Waals surface area contributed by atoms with Gasteiger partial charge in [-0.2, -0.15) is 0 Å². The van der Waals surface area contributed by atoms with Crippen LogP contribution >= 0.6 is 11.6 Å². The van der Waals surface area contributed by atoms with E-state index >= 15 is 0 Å². The van der Waals surface area contributed by atoms with Crippen molar-refractivity contribution in [3.05, 3.63) is 23.8 Å². The number of amides is 1. The number of nitrogens with zero attached hydrogens (tertiary/aromatic N) is 1. The average Bonchev–Trinajstić information content (AvgIpc) is 2.50. The maximum atomic E-state index is 12.5. The van der Waals surface area contributed by atoms with Gasteiger partial charge in [0.25, 0.3) is 5.91 Å². The normalized spacial score (nSPS) is 10.2. The van der Waals surface area contributed by atoms with E-state index in [1.807, 2.05) is 0 Å². The Labute approximate surface area is 125 Å². The summed E-state index contributed by atoms with van der Waals surface area (Å²) in [6.07, 6.45) is 2.00. The summed E-state index contributed by atoms with van der Waals surface area (Å²) < 4.78 is 10.4. The maximum absolute atomic E-state index is 12.5. The van der Waals surface area contributed by atoms with Crippen molar-refractivity contribution in [2.24, 2.45) is 0 Å². The fraction of sp³-hybridized carbons (Fsp3) is 0.533. The van der Waals surface area contributed by atoms with Crippen molar-refractivity contribution in [1.29, 1.82) is 0 Å². The summed E-state index contributed by atoms with van der Waals surface area (Å²) in [7, 11) is 3.13. The second-order valence-corrected chi connectivity index (χ2v) is 4.81. The summed E-state index contributed by atoms with van der Waals surface area (Å²) in [5, 5.41) is 0. The van der Waals surface area contributed by atoms with E-state index in [9.17, 15) is 4.79 Å². The first-order chi connectivity index (χ1) is 9.65. The lowest BCUT2D eigenvalue weighted by atomic mass is 10.1. The molecule has 1 aromatic carbocycles. The quantitative estimate of drug-likeness (QED) is 0.692. The lowest BCUT2D eigenvalue weighted by molar-refractivity contribution is 0.0762. The SMILES string of the molecule is CCCCN(CCCl)C(=O)c1cc(OC)cc(OC)c1. The molecule has 4 nitrogen and oxygen atoms in total. The van der Waals surface area contributed by atoms with Crippen molar-refractivity contribution < 1.29 is 14.3 Å². The van der Waals surface area contributed by atoms with E-state index in [1.54, 1.807) is 37.3 Å². The summed E-state index contributed by atoms with van der Waals surface area (Å²) in [6, 6.07) is 5.19. The van der Waals surface area contributed by atoms with Crippen LogP contribution in [0.5, 0.6) is 11.5 Å². The first kappa shape index (κ1) is 16.6. The molecule has 0 aliphatic rings. The Morgan fingerprint density at radius 2 is 1.75 bits per heavy atom. The van der Waals surface area contributed by atoms with Gasteiger partial charge in [0.05, 0.1) is 14.2 Å². The molecule has 1 rings (SSSR count). The van der Waals surface area contributed by atoms with E-state index in [0.29, 0.717) is 36.0 Å². The number of carbonyl (C=O) groups is 1. The molecule has 20 heavy (non-hydrogen) atoms. The number of methoxy groups -OCH3 is 2. The number of rotatable bonds is 8. The molecule has 0 bridgehead atoms. The third-order valence-corrected chi connectivity index (χ3v) is 3.19. The molecule has 0 N–H and O–H groups in total. The highest BCUT2D eigenvalue weighted by atomic mass is 35.5. The van der Waals surface area contributed by atoms with Crippen molar-refractivity contribution in [2.45, 2.75) is 19.8 Å². The zero-order chi connectivity index (χ0) is 15.0. The molecule has 112 valence electrons. The second kappa shape index (κ2) is 8.69. The van der Waals surface area contributed by atoms with Crippen LogP contribution in [0.4, 0.5) is 0 Å². The number of hydrogen-bond donors (Lipinski definition) is 0. The van der Waals surface area contributed by atoms with Gasteiger partial charge in [0.2, 0.25) is 0 Å². The molecule has 0 spiro atoms. The number of benzene rings is 1. The van der Waals surface area contributed by atoms with E-state index < -0.39 is 0 Å². The molecule has 1 aromatic rings. The van der Waals surface area contributed by atoms with Crippen molar-refractivity contribution in [1.82, 2.24) is 4.90 Å². The first-order valence-electron chi connectivity index (χ1n) is 6.74. The van der Waals surface area contributed by atoms with E-state index in [0.717, 1.165) is 12.8 Å². The van der Waals surface area contributed by atoms with Gasteiger partial charge < -0.3 is 14.4 Å². The summed E-state index contributed by atoms with van der Waals surface area (Å²) >= 11 is 5.78. The van der Waals surface area contributed by atoms with Gasteiger partial charge in [-0.15, -0.1) is 11.6 Å². The van der Waals surface area contributed by atoms with E-state index in [2.05, 4.69) is 6.92 Å². The minimum absolute atomic E-state index is 0.0451. The largest absolute Gasteiger partial charge is 0.497 e. The van der Waals surface area contributed by atoms with Crippen LogP contribution in [0.3, 0.4) is 0 Å². The Balaban J connectivity index is 2.97. The molecule has 0 heterocycles. The molecular formula is C15H22ClNO3. The van der Waals surface area contributed by atoms with Gasteiger partial charge in [-0.25, -0.2) is 0 Å². The molecular weight excluding hydrogens is 278 g/mol. The zero-order valence-electron chi connectivity index (χ0n) is 12.3. The lowest BCUT2D eigenvalue weighted by Gasteiger charge is -2.22. The number of ether oxygens (including phenoxy) is 2. The van der Waals surface area contributed by atoms with Gasteiger partial charge in [0.15, 0.2) is 0 Å². The molecule has 0 radical (unpaired) electrons. The van der Waals surface area contributed by atoms with Crippen LogP contribution in [-0.4, -0.2) is 44.0 Å². The number of hydrogen-bond acceptors (Lipinski definition) is 3. The van der Waals surface area contributed by atoms with Gasteiger partial charge in [-0.05, 0) is 18.6 Å². The predicted octanol–water partition coefficient (Wildman–Crippen LogP) is 3.18. The minimum atomic E-state index is -0.0451. The summed E-state index contributed by atoms with van der Waals surface area (Å²) in [5.74, 6) is 1.59. The smallest absolute Gasteiger partial charge is 0.254 e. The molecule has 0 fully saturated rings. The molecule has 1 amide bonds. The van der Waals surface area contributed by atoms with Gasteiger partial charge >= 0.3 is 0 Å². The van der Waals surface area contributed by atoms with Crippen LogP contribution in [0.1, 0.15) is 30.1 Å². The zero-order valence-corrected chi connectivity index (χ0v) is 13.1. The predicted molar refractivity (Wildman–Crippen MR) is 81.1 cm³/mol. The van der Waals surface area contributed by atoms with Crippen molar-refractivity contribution in [2.75, 3.05) is 33.2 Å². The van der Waals surface area contributed by atoms with Gasteiger partial charge in [0, 0.05) is 30.6 Å². The van der Waals surface area contributed by atoms with E-state index in [4.69, 9.17) is 21.1 Å². The molecule has 0 atom stereocenters. The van der Waals surface area contributed by atoms with Crippen LogP contribution in [-0.2, 0) is 0 Å². The third-order valence-electron chi connectivity index (χ3n) is 3.02. The van der Waals surface area contributed by atoms with Crippen molar-refractivity contribution >= 4 is 17.5 Å². The molecule has 0 saturated carbocycles. The fourth-order valence-corrected chi connectivity index (χ4v) is 2.08. The molecule has 0 saturated heterocycles. The average molecular weight is 300 g/mol. The third kappa shape index (κ3) is 4.60. The van der Waals surface area contributed by atoms with Crippen molar-refractivity contribution in [3.8, 4) is 11.5 Å². The van der Waals surface area contributed by atoms with E-state index in [1.165, 1.54) is 0 Å². The van der Waals surface area contributed by atoms with Crippen LogP contribution in [0.25, 0.3) is 0 Å².